The number of hydrogen-bond donors (Lipinski definition) is 0. The molecule has 1 radical (unpaired) electrons. The first-order valence-corrected chi connectivity index (χ1v) is 3.38. The van der Waals surface area contributed by atoms with Crippen LogP contribution < -0.4 is 0 Å². The van der Waals surface area contributed by atoms with Gasteiger partial charge in [0.2, 0.25) is 0 Å². The minimum Gasteiger partial charge on any atom is -0.103 e. The lowest BCUT2D eigenvalue weighted by Gasteiger charge is -1.73. The van der Waals surface area contributed by atoms with E-state index in [1.807, 2.05) is 43.4 Å². The maximum Gasteiger partial charge on any atom is -0.0163 e. The highest BCUT2D eigenvalue weighted by atomic mass is 13.7. The van der Waals surface area contributed by atoms with Crippen LogP contribution in [0.15, 0.2) is 43.0 Å². The van der Waals surface area contributed by atoms with E-state index >= 15 is 0 Å². The first kappa shape index (κ1) is 8.96. The van der Waals surface area contributed by atoms with Gasteiger partial charge in [-0.15, -0.1) is 6.58 Å². The molecule has 0 unspecified atom stereocenters. The highest BCUT2D eigenvalue weighted by Gasteiger charge is 1.64. The second kappa shape index (κ2) is 7.96. The van der Waals surface area contributed by atoms with E-state index in [4.69, 9.17) is 0 Å². The summed E-state index contributed by atoms with van der Waals surface area (Å²) in [5, 5.41) is 0. The van der Waals surface area contributed by atoms with E-state index in [0.29, 0.717) is 0 Å². The minimum atomic E-state index is 0.889. The van der Waals surface area contributed by atoms with Gasteiger partial charge in [-0.2, -0.15) is 0 Å². The zero-order valence-electron chi connectivity index (χ0n) is 6.38. The van der Waals surface area contributed by atoms with E-state index in [1.165, 1.54) is 0 Å². The third-order valence-corrected chi connectivity index (χ3v) is 0.898. The Kier molecular flexibility index (Phi) is 7.13. The fraction of sp³-hybridized carbons (Fsp3) is 0.200. The van der Waals surface area contributed by atoms with Crippen LogP contribution in [-0.4, -0.2) is 0 Å². The van der Waals surface area contributed by atoms with Crippen LogP contribution in [0.4, 0.5) is 0 Å². The van der Waals surface area contributed by atoms with Gasteiger partial charge in [0.15, 0.2) is 0 Å². The molecule has 0 spiro atoms. The number of allylic oxidation sites excluding steroid dienone is 7. The van der Waals surface area contributed by atoms with Crippen LogP contribution in [0.2, 0.25) is 0 Å². The monoisotopic (exact) mass is 133 g/mol. The molecule has 0 N–H and O–H groups in total. The Balaban J connectivity index is 3.41. The van der Waals surface area contributed by atoms with Crippen molar-refractivity contribution in [3.8, 4) is 0 Å². The Labute approximate surface area is 63.3 Å². The summed E-state index contributed by atoms with van der Waals surface area (Å²) in [4.78, 5) is 0. The number of hydrogen-bond acceptors (Lipinski definition) is 0. The molecule has 0 heteroatoms. The molecule has 0 aliphatic heterocycles. The predicted octanol–water partition coefficient (Wildman–Crippen LogP) is 3.05. The quantitative estimate of drug-likeness (QED) is 0.408. The van der Waals surface area contributed by atoms with Crippen molar-refractivity contribution in [3.63, 3.8) is 0 Å². The fourth-order valence-electron chi connectivity index (χ4n) is 0.442. The molecule has 10 heavy (non-hydrogen) atoms. The highest BCUT2D eigenvalue weighted by molar-refractivity contribution is 5.06. The van der Waals surface area contributed by atoms with Gasteiger partial charge >= 0.3 is 0 Å². The molecule has 0 rings (SSSR count). The molecule has 0 aromatic rings. The summed E-state index contributed by atoms with van der Waals surface area (Å²) in [5.41, 5.74) is 0. The molecule has 0 atom stereocenters. The third kappa shape index (κ3) is 6.96. The van der Waals surface area contributed by atoms with Crippen LogP contribution in [0.1, 0.15) is 13.3 Å². The van der Waals surface area contributed by atoms with Gasteiger partial charge in [-0.3, -0.25) is 0 Å². The molecule has 0 nitrogen and oxygen atoms in total. The van der Waals surface area contributed by atoms with E-state index in [2.05, 4.69) is 12.7 Å². The predicted molar refractivity (Wildman–Crippen MR) is 46.6 cm³/mol. The first-order chi connectivity index (χ1) is 4.91. The van der Waals surface area contributed by atoms with Crippen molar-refractivity contribution < 1.29 is 0 Å². The second-order valence-electron chi connectivity index (χ2n) is 1.78. The van der Waals surface area contributed by atoms with Crippen molar-refractivity contribution in [1.29, 1.82) is 0 Å². The molecule has 0 fully saturated rings. The zero-order valence-corrected chi connectivity index (χ0v) is 6.38. The minimum absolute atomic E-state index is 0.889. The average Bonchev–Trinajstić information content (AvgIpc) is 1.97. The maximum absolute atomic E-state index is 3.59. The van der Waals surface area contributed by atoms with Gasteiger partial charge in [-0.25, -0.2) is 0 Å². The van der Waals surface area contributed by atoms with Crippen LogP contribution in [0, 0.1) is 6.08 Å². The van der Waals surface area contributed by atoms with Crippen LogP contribution in [0.25, 0.3) is 0 Å². The van der Waals surface area contributed by atoms with Crippen LogP contribution in [-0.2, 0) is 0 Å². The third-order valence-electron chi connectivity index (χ3n) is 0.898. The second-order valence-corrected chi connectivity index (χ2v) is 1.78. The first-order valence-electron chi connectivity index (χ1n) is 3.38. The van der Waals surface area contributed by atoms with E-state index < -0.39 is 0 Å². The molecule has 0 aliphatic rings. The zero-order chi connectivity index (χ0) is 7.66. The van der Waals surface area contributed by atoms with Gasteiger partial charge in [0.1, 0.15) is 0 Å². The molecule has 0 saturated heterocycles. The summed E-state index contributed by atoms with van der Waals surface area (Å²) in [6.45, 7) is 5.57. The van der Waals surface area contributed by atoms with Crippen molar-refractivity contribution in [2.45, 2.75) is 13.3 Å². The molecule has 0 saturated carbocycles. The van der Waals surface area contributed by atoms with E-state index in [1.54, 1.807) is 0 Å². The van der Waals surface area contributed by atoms with Crippen LogP contribution >= 0.6 is 0 Å². The van der Waals surface area contributed by atoms with Gasteiger partial charge < -0.3 is 0 Å². The summed E-state index contributed by atoms with van der Waals surface area (Å²) in [7, 11) is 0. The summed E-state index contributed by atoms with van der Waals surface area (Å²) < 4.78 is 0. The average molecular weight is 133 g/mol. The van der Waals surface area contributed by atoms with Gasteiger partial charge in [0.05, 0.1) is 0 Å². The lowest BCUT2D eigenvalue weighted by molar-refractivity contribution is 1.39. The smallest absolute Gasteiger partial charge is 0.0163 e. The van der Waals surface area contributed by atoms with Crippen molar-refractivity contribution in [2.24, 2.45) is 0 Å². The van der Waals surface area contributed by atoms with Gasteiger partial charge in [-0.05, 0) is 19.4 Å². The standard InChI is InChI=1S/C10H13/c1-3-5-7-9-10-8-6-4-2/h3-4,6-8,10H,1,5H2,2H3. The highest BCUT2D eigenvalue weighted by Crippen LogP contribution is 1.83. The maximum atomic E-state index is 3.59. The van der Waals surface area contributed by atoms with E-state index in [-0.39, 0.29) is 0 Å². The molecule has 0 bridgehead atoms. The molecule has 0 aliphatic carbocycles. The number of rotatable bonds is 4. The largest absolute Gasteiger partial charge is 0.103 e. The molecule has 53 valence electrons. The van der Waals surface area contributed by atoms with Gasteiger partial charge in [0.25, 0.3) is 0 Å². The Morgan fingerprint density at radius 2 is 2.20 bits per heavy atom. The Bertz CT molecular complexity index is 147. The fourth-order valence-corrected chi connectivity index (χ4v) is 0.442. The van der Waals surface area contributed by atoms with Gasteiger partial charge in [-0.1, -0.05) is 36.5 Å². The lowest BCUT2D eigenvalue weighted by Crippen LogP contribution is -1.54. The normalized spacial score (nSPS) is 12.1. The van der Waals surface area contributed by atoms with Gasteiger partial charge in [0, 0.05) is 0 Å². The molecular weight excluding hydrogens is 120 g/mol. The Morgan fingerprint density at radius 1 is 1.40 bits per heavy atom. The topological polar surface area (TPSA) is 0 Å². The van der Waals surface area contributed by atoms with Crippen LogP contribution in [0.3, 0.4) is 0 Å². The Hall–Kier alpha value is -1.04. The lowest BCUT2D eigenvalue weighted by atomic mass is 10.3. The molecule has 0 heterocycles. The van der Waals surface area contributed by atoms with Crippen molar-refractivity contribution in [2.75, 3.05) is 0 Å². The molecule has 0 aromatic carbocycles. The Morgan fingerprint density at radius 3 is 2.80 bits per heavy atom. The van der Waals surface area contributed by atoms with Crippen LogP contribution in [0.5, 0.6) is 0 Å². The SMILES string of the molecule is C=CC/C=[C]/C=CC=CC. The van der Waals surface area contributed by atoms with Crippen molar-refractivity contribution >= 4 is 0 Å². The molecule has 0 aromatic heterocycles. The summed E-state index contributed by atoms with van der Waals surface area (Å²) in [6.07, 6.45) is 15.4. The summed E-state index contributed by atoms with van der Waals surface area (Å²) >= 11 is 0. The van der Waals surface area contributed by atoms with Crippen molar-refractivity contribution in [3.05, 3.63) is 49.1 Å². The summed E-state index contributed by atoms with van der Waals surface area (Å²) in [5.74, 6) is 0. The van der Waals surface area contributed by atoms with Crippen molar-refractivity contribution in [1.82, 2.24) is 0 Å². The molecular formula is C10H13. The molecule has 0 amide bonds. The van der Waals surface area contributed by atoms with E-state index in [0.717, 1.165) is 6.42 Å². The summed E-state index contributed by atoms with van der Waals surface area (Å²) in [6, 6.07) is 0. The van der Waals surface area contributed by atoms with E-state index in [9.17, 15) is 0 Å².